The summed E-state index contributed by atoms with van der Waals surface area (Å²) in [7, 11) is 4.21. The van der Waals surface area contributed by atoms with Crippen LogP contribution in [0.4, 0.5) is 0 Å². The molecule has 1 aliphatic rings. The monoisotopic (exact) mass is 486 g/mol. The summed E-state index contributed by atoms with van der Waals surface area (Å²) in [5.41, 5.74) is 1.54. The number of rotatable bonds is 13. The Hall–Kier alpha value is 0.269. The van der Waals surface area contributed by atoms with Crippen molar-refractivity contribution in [3.63, 3.8) is 0 Å². The number of hydrazone groups is 1. The fourth-order valence-electron chi connectivity index (χ4n) is 5.01. The Morgan fingerprint density at radius 2 is 1.37 bits per heavy atom. The van der Waals surface area contributed by atoms with Gasteiger partial charge in [0, 0.05) is 0 Å². The molecular weight excluding hydrogens is 435 g/mol. The van der Waals surface area contributed by atoms with Crippen LogP contribution in [0.15, 0.2) is 5.10 Å². The van der Waals surface area contributed by atoms with Crippen LogP contribution in [0, 0.1) is 5.92 Å². The first-order valence-corrected chi connectivity index (χ1v) is 20.4. The summed E-state index contributed by atoms with van der Waals surface area (Å²) >= 11 is -1.99. The summed E-state index contributed by atoms with van der Waals surface area (Å²) in [4.78, 5) is 0. The predicted molar refractivity (Wildman–Crippen MR) is 127 cm³/mol. The fraction of sp³-hybridized carbons (Fsp3) is 0.958. The molecule has 1 aliphatic carbocycles. The molecule has 1 unspecified atom stereocenters. The SMILES string of the molecule is CCC[CH2][Sn]([CH2]CCC)([CH2]CCC)[CH2]CC1CCCCCC/C1=N/N(C)C. The van der Waals surface area contributed by atoms with E-state index in [9.17, 15) is 0 Å². The summed E-state index contributed by atoms with van der Waals surface area (Å²) in [6.45, 7) is 7.19. The summed E-state index contributed by atoms with van der Waals surface area (Å²) in [6.07, 6.45) is 18.5. The fourth-order valence-corrected chi connectivity index (χ4v) is 21.5. The first-order chi connectivity index (χ1) is 13.1. The Labute approximate surface area is 175 Å². The molecule has 0 bridgehead atoms. The molecule has 3 heteroatoms. The molecular formula is C24H50N2Sn. The standard InChI is InChI=1S/C12H23N2.3C4H9.Sn/c1-4-11-9-7-5-6-8-10-12(11)13-14(2)3;3*1-3-4-2;/h11H,1,4-10H2,2-3H3;3*1,3-4H2,2H3;/b13-12-;;;;. The maximum absolute atomic E-state index is 4.98. The Bertz CT molecular complexity index is 370. The van der Waals surface area contributed by atoms with Crippen LogP contribution < -0.4 is 0 Å². The third kappa shape index (κ3) is 10.6. The van der Waals surface area contributed by atoms with Crippen molar-refractivity contribution in [2.24, 2.45) is 11.0 Å². The molecule has 0 aromatic heterocycles. The second-order valence-corrected chi connectivity index (χ2v) is 23.7. The number of hydrogen-bond donors (Lipinski definition) is 0. The van der Waals surface area contributed by atoms with Crippen molar-refractivity contribution in [3.8, 4) is 0 Å². The van der Waals surface area contributed by atoms with Crippen molar-refractivity contribution < 1.29 is 0 Å². The first-order valence-electron chi connectivity index (χ1n) is 12.3. The number of unbranched alkanes of at least 4 members (excludes halogenated alkanes) is 3. The molecule has 0 heterocycles. The molecule has 0 aliphatic heterocycles. The number of nitrogens with zero attached hydrogens (tertiary/aromatic N) is 2. The van der Waals surface area contributed by atoms with Crippen molar-refractivity contribution in [2.75, 3.05) is 14.1 Å². The molecule has 2 nitrogen and oxygen atoms in total. The van der Waals surface area contributed by atoms with Crippen molar-refractivity contribution in [1.82, 2.24) is 5.01 Å². The molecule has 0 saturated heterocycles. The average molecular weight is 485 g/mol. The minimum atomic E-state index is -1.99. The number of hydrogen-bond acceptors (Lipinski definition) is 2. The van der Waals surface area contributed by atoms with Gasteiger partial charge in [-0.3, -0.25) is 0 Å². The van der Waals surface area contributed by atoms with Crippen LogP contribution in [0.1, 0.15) is 104 Å². The van der Waals surface area contributed by atoms with E-state index < -0.39 is 18.4 Å². The Morgan fingerprint density at radius 3 is 1.89 bits per heavy atom. The van der Waals surface area contributed by atoms with Crippen LogP contribution in [-0.2, 0) is 0 Å². The van der Waals surface area contributed by atoms with E-state index in [1.807, 2.05) is 0 Å². The van der Waals surface area contributed by atoms with E-state index in [0.29, 0.717) is 0 Å². The molecule has 0 aromatic rings. The molecule has 0 amide bonds. The minimum absolute atomic E-state index is 0.786. The van der Waals surface area contributed by atoms with Gasteiger partial charge in [-0.05, 0) is 0 Å². The third-order valence-corrected chi connectivity index (χ3v) is 22.7. The van der Waals surface area contributed by atoms with Gasteiger partial charge < -0.3 is 0 Å². The molecule has 1 fully saturated rings. The normalized spacial score (nSPS) is 20.5. The summed E-state index contributed by atoms with van der Waals surface area (Å²) < 4.78 is 6.64. The van der Waals surface area contributed by atoms with Crippen LogP contribution >= 0.6 is 0 Å². The van der Waals surface area contributed by atoms with Gasteiger partial charge in [-0.2, -0.15) is 0 Å². The molecule has 1 rings (SSSR count). The van der Waals surface area contributed by atoms with Crippen LogP contribution in [0.3, 0.4) is 0 Å². The Kier molecular flexibility index (Phi) is 14.2. The van der Waals surface area contributed by atoms with E-state index >= 15 is 0 Å². The summed E-state index contributed by atoms with van der Waals surface area (Å²) in [5.74, 6) is 0.786. The summed E-state index contributed by atoms with van der Waals surface area (Å²) in [5, 5.41) is 7.04. The van der Waals surface area contributed by atoms with E-state index in [-0.39, 0.29) is 0 Å². The van der Waals surface area contributed by atoms with Crippen LogP contribution in [-0.4, -0.2) is 43.2 Å². The first kappa shape index (κ1) is 25.3. The van der Waals surface area contributed by atoms with Crippen LogP contribution in [0.25, 0.3) is 0 Å². The van der Waals surface area contributed by atoms with Crippen LogP contribution in [0.2, 0.25) is 17.7 Å². The van der Waals surface area contributed by atoms with Crippen molar-refractivity contribution in [1.29, 1.82) is 0 Å². The third-order valence-electron chi connectivity index (χ3n) is 6.74. The summed E-state index contributed by atoms with van der Waals surface area (Å²) in [6, 6.07) is 0. The molecule has 0 spiro atoms. The molecule has 0 radical (unpaired) electrons. The van der Waals surface area contributed by atoms with Gasteiger partial charge in [0.25, 0.3) is 0 Å². The van der Waals surface area contributed by atoms with E-state index in [2.05, 4.69) is 39.9 Å². The van der Waals surface area contributed by atoms with Gasteiger partial charge in [-0.25, -0.2) is 0 Å². The molecule has 27 heavy (non-hydrogen) atoms. The Morgan fingerprint density at radius 1 is 0.815 bits per heavy atom. The van der Waals surface area contributed by atoms with Crippen molar-refractivity contribution >= 4 is 24.1 Å². The van der Waals surface area contributed by atoms with Gasteiger partial charge in [0.1, 0.15) is 0 Å². The molecule has 0 aromatic carbocycles. The van der Waals surface area contributed by atoms with Crippen molar-refractivity contribution in [3.05, 3.63) is 0 Å². The predicted octanol–water partition coefficient (Wildman–Crippen LogP) is 8.11. The van der Waals surface area contributed by atoms with Gasteiger partial charge >= 0.3 is 176 Å². The average Bonchev–Trinajstić information content (AvgIpc) is 2.64. The zero-order valence-electron chi connectivity index (χ0n) is 19.5. The van der Waals surface area contributed by atoms with E-state index in [0.717, 1.165) is 5.92 Å². The van der Waals surface area contributed by atoms with E-state index in [4.69, 9.17) is 5.10 Å². The zero-order chi connectivity index (χ0) is 20.0. The van der Waals surface area contributed by atoms with Crippen LogP contribution in [0.5, 0.6) is 0 Å². The van der Waals surface area contributed by atoms with E-state index in [1.165, 1.54) is 83.5 Å². The molecule has 160 valence electrons. The Balaban J connectivity index is 2.88. The van der Waals surface area contributed by atoms with Gasteiger partial charge in [0.2, 0.25) is 0 Å². The van der Waals surface area contributed by atoms with Crippen molar-refractivity contribution in [2.45, 2.75) is 122 Å². The molecule has 0 N–H and O–H groups in total. The quantitative estimate of drug-likeness (QED) is 0.190. The second kappa shape index (κ2) is 15.2. The topological polar surface area (TPSA) is 15.6 Å². The zero-order valence-corrected chi connectivity index (χ0v) is 22.3. The molecule has 1 saturated carbocycles. The van der Waals surface area contributed by atoms with Gasteiger partial charge in [-0.1, -0.05) is 0 Å². The van der Waals surface area contributed by atoms with Gasteiger partial charge in [-0.15, -0.1) is 0 Å². The van der Waals surface area contributed by atoms with Gasteiger partial charge in [0.05, 0.1) is 0 Å². The second-order valence-electron chi connectivity index (χ2n) is 9.44. The molecule has 1 atom stereocenters. The maximum atomic E-state index is 4.98. The van der Waals surface area contributed by atoms with E-state index in [1.54, 1.807) is 23.5 Å². The van der Waals surface area contributed by atoms with Gasteiger partial charge in [0.15, 0.2) is 0 Å².